The van der Waals surface area contributed by atoms with Gasteiger partial charge in [-0.15, -0.1) is 0 Å². The van der Waals surface area contributed by atoms with Gasteiger partial charge in [-0.3, -0.25) is 19.1 Å². The minimum Gasteiger partial charge on any atom is -0.378 e. The Balaban J connectivity index is 1.26. The van der Waals surface area contributed by atoms with E-state index in [1.165, 1.54) is 19.3 Å². The highest BCUT2D eigenvalue weighted by Gasteiger charge is 2.31. The number of hydrogen-bond donors (Lipinski definition) is 1. The topological polar surface area (TPSA) is 100 Å². The highest BCUT2D eigenvalue weighted by molar-refractivity contribution is 5.94. The van der Waals surface area contributed by atoms with Crippen molar-refractivity contribution in [1.82, 2.24) is 29.8 Å². The SMILES string of the molecule is Cn1nc(C(=O)N2CCOCC2)c2c1CCN(C(=O)CCC(=O)NCCN1CCCCC1)C2. The molecule has 3 amide bonds. The van der Waals surface area contributed by atoms with Gasteiger partial charge in [-0.25, -0.2) is 0 Å². The summed E-state index contributed by atoms with van der Waals surface area (Å²) in [6.07, 6.45) is 4.79. The normalized spacial score (nSPS) is 19.3. The van der Waals surface area contributed by atoms with Crippen LogP contribution >= 0.6 is 0 Å². The van der Waals surface area contributed by atoms with Crippen LogP contribution in [0.3, 0.4) is 0 Å². The summed E-state index contributed by atoms with van der Waals surface area (Å²) < 4.78 is 7.11. The first-order valence-electron chi connectivity index (χ1n) is 12.2. The van der Waals surface area contributed by atoms with Crippen LogP contribution in [-0.4, -0.2) is 101 Å². The van der Waals surface area contributed by atoms with E-state index in [-0.39, 0.29) is 30.6 Å². The molecule has 0 saturated carbocycles. The quantitative estimate of drug-likeness (QED) is 0.622. The first-order chi connectivity index (χ1) is 16.0. The maximum absolute atomic E-state index is 13.0. The predicted molar refractivity (Wildman–Crippen MR) is 122 cm³/mol. The molecule has 1 N–H and O–H groups in total. The van der Waals surface area contributed by atoms with Gasteiger partial charge in [-0.05, 0) is 25.9 Å². The van der Waals surface area contributed by atoms with Crippen molar-refractivity contribution in [3.05, 3.63) is 17.0 Å². The molecule has 0 atom stereocenters. The second-order valence-corrected chi connectivity index (χ2v) is 9.12. The van der Waals surface area contributed by atoms with E-state index in [1.54, 1.807) is 14.5 Å². The third-order valence-electron chi connectivity index (χ3n) is 6.86. The Morgan fingerprint density at radius 3 is 2.48 bits per heavy atom. The van der Waals surface area contributed by atoms with Crippen LogP contribution in [0.5, 0.6) is 0 Å². The molecule has 10 heteroatoms. The monoisotopic (exact) mass is 460 g/mol. The minimum absolute atomic E-state index is 0.0551. The summed E-state index contributed by atoms with van der Waals surface area (Å²) in [7, 11) is 1.85. The summed E-state index contributed by atoms with van der Waals surface area (Å²) in [5, 5.41) is 7.43. The molecular weight excluding hydrogens is 424 g/mol. The number of amides is 3. The number of likely N-dealkylation sites (tertiary alicyclic amines) is 1. The number of aryl methyl sites for hydroxylation is 1. The highest BCUT2D eigenvalue weighted by Crippen LogP contribution is 2.24. The lowest BCUT2D eigenvalue weighted by atomic mass is 10.0. The summed E-state index contributed by atoms with van der Waals surface area (Å²) in [6, 6.07) is 0. The molecule has 4 rings (SSSR count). The van der Waals surface area contributed by atoms with Gasteiger partial charge >= 0.3 is 0 Å². The maximum Gasteiger partial charge on any atom is 0.274 e. The molecule has 3 aliphatic heterocycles. The first kappa shape index (κ1) is 23.7. The van der Waals surface area contributed by atoms with E-state index in [0.29, 0.717) is 58.1 Å². The molecule has 4 heterocycles. The van der Waals surface area contributed by atoms with Gasteiger partial charge in [0.2, 0.25) is 11.8 Å². The Hall–Kier alpha value is -2.46. The number of carbonyl (C=O) groups is 3. The minimum atomic E-state index is -0.0995. The lowest BCUT2D eigenvalue weighted by molar-refractivity contribution is -0.134. The third kappa shape index (κ3) is 5.92. The maximum atomic E-state index is 13.0. The average Bonchev–Trinajstić information content (AvgIpc) is 3.19. The molecule has 33 heavy (non-hydrogen) atoms. The van der Waals surface area contributed by atoms with Crippen molar-refractivity contribution < 1.29 is 19.1 Å². The molecular formula is C23H36N6O4. The van der Waals surface area contributed by atoms with Crippen molar-refractivity contribution in [2.45, 2.75) is 45.1 Å². The van der Waals surface area contributed by atoms with Crippen molar-refractivity contribution in [3.8, 4) is 0 Å². The summed E-state index contributed by atoms with van der Waals surface area (Å²) in [4.78, 5) is 44.0. The van der Waals surface area contributed by atoms with E-state index in [4.69, 9.17) is 4.74 Å². The van der Waals surface area contributed by atoms with E-state index in [2.05, 4.69) is 15.3 Å². The number of piperidine rings is 1. The number of ether oxygens (including phenoxy) is 1. The van der Waals surface area contributed by atoms with Gasteiger partial charge in [0.15, 0.2) is 5.69 Å². The van der Waals surface area contributed by atoms with Crippen molar-refractivity contribution in [2.24, 2.45) is 7.05 Å². The molecule has 0 spiro atoms. The Morgan fingerprint density at radius 1 is 0.970 bits per heavy atom. The molecule has 1 aromatic rings. The molecule has 0 unspecified atom stereocenters. The molecule has 2 fully saturated rings. The Bertz CT molecular complexity index is 857. The van der Waals surface area contributed by atoms with Gasteiger partial charge in [0.05, 0.1) is 13.2 Å². The number of nitrogens with zero attached hydrogens (tertiary/aromatic N) is 5. The summed E-state index contributed by atoms with van der Waals surface area (Å²) >= 11 is 0. The van der Waals surface area contributed by atoms with Crippen molar-refractivity contribution >= 4 is 17.7 Å². The fourth-order valence-corrected chi connectivity index (χ4v) is 4.90. The highest BCUT2D eigenvalue weighted by atomic mass is 16.5. The average molecular weight is 461 g/mol. The number of fused-ring (bicyclic) bond motifs is 1. The van der Waals surface area contributed by atoms with Crippen LogP contribution in [0.4, 0.5) is 0 Å². The summed E-state index contributed by atoms with van der Waals surface area (Å²) in [5.41, 5.74) is 2.27. The van der Waals surface area contributed by atoms with Crippen molar-refractivity contribution in [1.29, 1.82) is 0 Å². The number of hydrogen-bond acceptors (Lipinski definition) is 6. The lowest BCUT2D eigenvalue weighted by Crippen LogP contribution is -2.42. The van der Waals surface area contributed by atoms with Crippen LogP contribution in [-0.2, 0) is 34.3 Å². The lowest BCUT2D eigenvalue weighted by Gasteiger charge is -2.29. The fourth-order valence-electron chi connectivity index (χ4n) is 4.90. The first-order valence-corrected chi connectivity index (χ1v) is 12.2. The molecule has 10 nitrogen and oxygen atoms in total. The fraction of sp³-hybridized carbons (Fsp3) is 0.739. The smallest absolute Gasteiger partial charge is 0.274 e. The molecule has 0 aromatic carbocycles. The third-order valence-corrected chi connectivity index (χ3v) is 6.86. The van der Waals surface area contributed by atoms with Gasteiger partial charge < -0.3 is 24.8 Å². The number of aromatic nitrogens is 2. The molecule has 0 bridgehead atoms. The zero-order valence-electron chi connectivity index (χ0n) is 19.7. The summed E-state index contributed by atoms with van der Waals surface area (Å²) in [6.45, 7) is 6.83. The second kappa shape index (κ2) is 11.1. The molecule has 0 aliphatic carbocycles. The Labute approximate surface area is 195 Å². The van der Waals surface area contributed by atoms with Crippen LogP contribution in [0.2, 0.25) is 0 Å². The predicted octanol–water partition coefficient (Wildman–Crippen LogP) is 0.160. The van der Waals surface area contributed by atoms with E-state index in [0.717, 1.165) is 30.9 Å². The van der Waals surface area contributed by atoms with Crippen molar-refractivity contribution in [3.63, 3.8) is 0 Å². The van der Waals surface area contributed by atoms with Gasteiger partial charge in [-0.2, -0.15) is 5.10 Å². The van der Waals surface area contributed by atoms with Gasteiger partial charge in [-0.1, -0.05) is 6.42 Å². The molecule has 0 radical (unpaired) electrons. The van der Waals surface area contributed by atoms with E-state index in [9.17, 15) is 14.4 Å². The van der Waals surface area contributed by atoms with E-state index < -0.39 is 0 Å². The van der Waals surface area contributed by atoms with Gasteiger partial charge in [0.1, 0.15) is 0 Å². The Morgan fingerprint density at radius 2 is 1.73 bits per heavy atom. The zero-order valence-corrected chi connectivity index (χ0v) is 19.7. The largest absolute Gasteiger partial charge is 0.378 e. The Kier molecular flexibility index (Phi) is 7.97. The van der Waals surface area contributed by atoms with Gasteiger partial charge in [0, 0.05) is 76.8 Å². The van der Waals surface area contributed by atoms with Crippen LogP contribution < -0.4 is 5.32 Å². The number of nitrogens with one attached hydrogen (secondary N) is 1. The summed E-state index contributed by atoms with van der Waals surface area (Å²) in [5.74, 6) is -0.236. The van der Waals surface area contributed by atoms with E-state index >= 15 is 0 Å². The van der Waals surface area contributed by atoms with Crippen LogP contribution in [0.15, 0.2) is 0 Å². The number of carbonyl (C=O) groups excluding carboxylic acids is 3. The van der Waals surface area contributed by atoms with E-state index in [1.807, 2.05) is 7.05 Å². The molecule has 1 aromatic heterocycles. The van der Waals surface area contributed by atoms with Gasteiger partial charge in [0.25, 0.3) is 5.91 Å². The zero-order chi connectivity index (χ0) is 23.2. The molecule has 2 saturated heterocycles. The van der Waals surface area contributed by atoms with Crippen LogP contribution in [0.1, 0.15) is 53.8 Å². The van der Waals surface area contributed by atoms with Crippen molar-refractivity contribution in [2.75, 3.05) is 59.0 Å². The second-order valence-electron chi connectivity index (χ2n) is 9.12. The van der Waals surface area contributed by atoms with Crippen LogP contribution in [0.25, 0.3) is 0 Å². The number of rotatable bonds is 7. The molecule has 182 valence electrons. The molecule has 3 aliphatic rings. The number of morpholine rings is 1. The van der Waals surface area contributed by atoms with Crippen LogP contribution in [0, 0.1) is 0 Å². The standard InChI is InChI=1S/C23H36N6O4/c1-26-19-7-11-29(17-18(19)22(25-26)23(32)28-13-15-33-16-14-28)21(31)6-5-20(30)24-8-12-27-9-3-2-4-10-27/h2-17H2,1H3,(H,24,30).